The van der Waals surface area contributed by atoms with Gasteiger partial charge in [0.25, 0.3) is 0 Å². The van der Waals surface area contributed by atoms with E-state index in [1.165, 1.54) is 0 Å². The summed E-state index contributed by atoms with van der Waals surface area (Å²) in [4.78, 5) is 0. The van der Waals surface area contributed by atoms with Crippen LogP contribution in [0.25, 0.3) is 10.9 Å². The van der Waals surface area contributed by atoms with Crippen molar-refractivity contribution < 1.29 is 0 Å². The summed E-state index contributed by atoms with van der Waals surface area (Å²) in [5.74, 6) is 2.53. The van der Waals surface area contributed by atoms with E-state index < -0.39 is 0 Å². The lowest BCUT2D eigenvalue weighted by molar-refractivity contribution is 1.05. The molecule has 0 N–H and O–H groups in total. The summed E-state index contributed by atoms with van der Waals surface area (Å²) < 4.78 is 1.61. The molecule has 0 saturated carbocycles. The number of fused-ring (bicyclic) bond motifs is 1. The number of rotatable bonds is 0. The van der Waals surface area contributed by atoms with Crippen LogP contribution in [-0.2, 0) is 0 Å². The van der Waals surface area contributed by atoms with E-state index >= 15 is 0 Å². The van der Waals surface area contributed by atoms with E-state index in [2.05, 4.69) is 27.2 Å². The first-order valence-electron chi connectivity index (χ1n) is 3.43. The van der Waals surface area contributed by atoms with Gasteiger partial charge in [0.1, 0.15) is 5.69 Å². The van der Waals surface area contributed by atoms with Crippen molar-refractivity contribution in [2.24, 2.45) is 0 Å². The van der Waals surface area contributed by atoms with Crippen LogP contribution in [0.5, 0.6) is 0 Å². The Morgan fingerprint density at radius 3 is 2.92 bits per heavy atom. The second kappa shape index (κ2) is 2.65. The number of halogens is 1. The van der Waals surface area contributed by atoms with Gasteiger partial charge in [-0.05, 0) is 18.1 Å². The molecule has 1 aromatic carbocycles. The van der Waals surface area contributed by atoms with Gasteiger partial charge >= 0.3 is 0 Å². The maximum atomic E-state index is 5.28. The minimum Gasteiger partial charge on any atom is -0.196 e. The molecular formula is C9H5BrN2. The highest BCUT2D eigenvalue weighted by Gasteiger charge is 2.04. The highest BCUT2D eigenvalue weighted by molar-refractivity contribution is 9.08. The van der Waals surface area contributed by atoms with Gasteiger partial charge in [0.2, 0.25) is 0 Å². The second-order valence-corrected chi connectivity index (χ2v) is 3.04. The lowest BCUT2D eigenvalue weighted by Gasteiger charge is -1.87. The van der Waals surface area contributed by atoms with Gasteiger partial charge in [-0.2, -0.15) is 8.81 Å². The molecule has 0 bridgehead atoms. The zero-order chi connectivity index (χ0) is 8.55. The second-order valence-electron chi connectivity index (χ2n) is 2.37. The Labute approximate surface area is 78.5 Å². The number of para-hydroxylation sites is 1. The zero-order valence-corrected chi connectivity index (χ0v) is 7.75. The summed E-state index contributed by atoms with van der Waals surface area (Å²) in [6, 6.07) is 7.80. The van der Waals surface area contributed by atoms with Gasteiger partial charge in [0.05, 0.1) is 21.7 Å². The van der Waals surface area contributed by atoms with E-state index in [0.29, 0.717) is 5.69 Å². The molecule has 2 nitrogen and oxygen atoms in total. The largest absolute Gasteiger partial charge is 0.196 e. The van der Waals surface area contributed by atoms with Crippen LogP contribution in [0.15, 0.2) is 24.3 Å². The zero-order valence-electron chi connectivity index (χ0n) is 6.16. The molecule has 12 heavy (non-hydrogen) atoms. The van der Waals surface area contributed by atoms with Gasteiger partial charge in [-0.25, -0.2) is 0 Å². The summed E-state index contributed by atoms with van der Waals surface area (Å²) in [6.07, 6.45) is 5.28. The SMILES string of the molecule is C#Cc1nn(Br)c2ccccc12. The molecule has 0 fully saturated rings. The van der Waals surface area contributed by atoms with Crippen LogP contribution in [0.4, 0.5) is 0 Å². The van der Waals surface area contributed by atoms with E-state index in [4.69, 9.17) is 6.42 Å². The van der Waals surface area contributed by atoms with Crippen molar-refractivity contribution in [3.63, 3.8) is 0 Å². The number of hydrogen-bond acceptors (Lipinski definition) is 1. The third-order valence-electron chi connectivity index (χ3n) is 1.68. The average Bonchev–Trinajstić information content (AvgIpc) is 2.44. The number of hydrogen-bond donors (Lipinski definition) is 0. The molecular weight excluding hydrogens is 216 g/mol. The Balaban J connectivity index is 2.94. The lowest BCUT2D eigenvalue weighted by atomic mass is 10.2. The molecule has 0 amide bonds. The summed E-state index contributed by atoms with van der Waals surface area (Å²) in [6.45, 7) is 0. The molecule has 1 heterocycles. The fourth-order valence-electron chi connectivity index (χ4n) is 1.14. The molecule has 0 spiro atoms. The van der Waals surface area contributed by atoms with E-state index in [0.717, 1.165) is 10.9 Å². The molecule has 0 atom stereocenters. The van der Waals surface area contributed by atoms with Crippen molar-refractivity contribution >= 4 is 27.1 Å². The Hall–Kier alpha value is -1.27. The van der Waals surface area contributed by atoms with Crippen LogP contribution in [-0.4, -0.2) is 8.81 Å². The molecule has 0 radical (unpaired) electrons. The number of benzene rings is 1. The lowest BCUT2D eigenvalue weighted by Crippen LogP contribution is -1.80. The summed E-state index contributed by atoms with van der Waals surface area (Å²) in [5, 5.41) is 5.10. The van der Waals surface area contributed by atoms with Crippen LogP contribution >= 0.6 is 16.1 Å². The maximum Gasteiger partial charge on any atom is 0.143 e. The van der Waals surface area contributed by atoms with E-state index in [1.807, 2.05) is 24.3 Å². The highest BCUT2D eigenvalue weighted by atomic mass is 79.9. The Bertz CT molecular complexity index is 465. The topological polar surface area (TPSA) is 17.8 Å². The fraction of sp³-hybridized carbons (Fsp3) is 0. The molecule has 0 aliphatic carbocycles. The average molecular weight is 221 g/mol. The normalized spacial score (nSPS) is 10.0. The van der Waals surface area contributed by atoms with Crippen molar-refractivity contribution in [1.82, 2.24) is 8.81 Å². The molecule has 2 aromatic rings. The Kier molecular flexibility index (Phi) is 1.63. The summed E-state index contributed by atoms with van der Waals surface area (Å²) >= 11 is 3.27. The predicted molar refractivity (Wildman–Crippen MR) is 52.0 cm³/mol. The van der Waals surface area contributed by atoms with Gasteiger partial charge in [0, 0.05) is 5.39 Å². The van der Waals surface area contributed by atoms with Crippen molar-refractivity contribution in [2.45, 2.75) is 0 Å². The van der Waals surface area contributed by atoms with Crippen LogP contribution in [0.2, 0.25) is 0 Å². The van der Waals surface area contributed by atoms with Crippen molar-refractivity contribution in [3.8, 4) is 12.3 Å². The smallest absolute Gasteiger partial charge is 0.143 e. The molecule has 3 heteroatoms. The van der Waals surface area contributed by atoms with Gasteiger partial charge in [-0.1, -0.05) is 12.1 Å². The van der Waals surface area contributed by atoms with E-state index in [9.17, 15) is 0 Å². The summed E-state index contributed by atoms with van der Waals surface area (Å²) in [7, 11) is 0. The molecule has 58 valence electrons. The monoisotopic (exact) mass is 220 g/mol. The minimum atomic E-state index is 0.669. The summed E-state index contributed by atoms with van der Waals surface area (Å²) in [5.41, 5.74) is 1.66. The van der Waals surface area contributed by atoms with Gasteiger partial charge in [-0.3, -0.25) is 0 Å². The molecule has 0 unspecified atom stereocenters. The number of nitrogens with zero attached hydrogens (tertiary/aromatic N) is 2. The van der Waals surface area contributed by atoms with E-state index in [-0.39, 0.29) is 0 Å². The number of aromatic nitrogens is 2. The van der Waals surface area contributed by atoms with Crippen LogP contribution in [0.1, 0.15) is 5.69 Å². The van der Waals surface area contributed by atoms with E-state index in [1.54, 1.807) is 3.71 Å². The van der Waals surface area contributed by atoms with Crippen molar-refractivity contribution in [3.05, 3.63) is 30.0 Å². The maximum absolute atomic E-state index is 5.28. The predicted octanol–water partition coefficient (Wildman–Crippen LogP) is 2.18. The highest BCUT2D eigenvalue weighted by Crippen LogP contribution is 2.18. The molecule has 1 aromatic heterocycles. The van der Waals surface area contributed by atoms with Crippen LogP contribution in [0, 0.1) is 12.3 Å². The third kappa shape index (κ3) is 0.926. The molecule has 0 aliphatic rings. The number of terminal acetylenes is 1. The Morgan fingerprint density at radius 1 is 1.42 bits per heavy atom. The first-order chi connectivity index (χ1) is 5.83. The molecule has 0 aliphatic heterocycles. The molecule has 0 saturated heterocycles. The first kappa shape index (κ1) is 7.38. The minimum absolute atomic E-state index is 0.669. The van der Waals surface area contributed by atoms with Crippen molar-refractivity contribution in [1.29, 1.82) is 0 Å². The van der Waals surface area contributed by atoms with Gasteiger partial charge in [0.15, 0.2) is 0 Å². The third-order valence-corrected chi connectivity index (χ3v) is 2.22. The fourth-order valence-corrected chi connectivity index (χ4v) is 1.60. The molecule has 2 rings (SSSR count). The Morgan fingerprint density at radius 2 is 2.17 bits per heavy atom. The van der Waals surface area contributed by atoms with Gasteiger partial charge in [-0.15, -0.1) is 6.42 Å². The quantitative estimate of drug-likeness (QED) is 0.623. The first-order valence-corrected chi connectivity index (χ1v) is 4.14. The van der Waals surface area contributed by atoms with Crippen LogP contribution in [0.3, 0.4) is 0 Å². The standard InChI is InChI=1S/C9H5BrN2/c1-2-8-7-5-3-4-6-9(7)12(10)11-8/h1,3-6H. The van der Waals surface area contributed by atoms with Crippen molar-refractivity contribution in [2.75, 3.05) is 0 Å². The van der Waals surface area contributed by atoms with Crippen LogP contribution < -0.4 is 0 Å². The van der Waals surface area contributed by atoms with Gasteiger partial charge < -0.3 is 0 Å².